The molecule has 1 aromatic carbocycles. The third-order valence-corrected chi connectivity index (χ3v) is 2.79. The van der Waals surface area contributed by atoms with E-state index in [0.717, 1.165) is 18.6 Å². The Morgan fingerprint density at radius 3 is 2.53 bits per heavy atom. The number of hydrogen-bond acceptors (Lipinski definition) is 1. The van der Waals surface area contributed by atoms with Crippen molar-refractivity contribution < 1.29 is 4.74 Å². The van der Waals surface area contributed by atoms with Gasteiger partial charge in [-0.05, 0) is 42.5 Å². The number of benzene rings is 1. The van der Waals surface area contributed by atoms with Gasteiger partial charge >= 0.3 is 0 Å². The fraction of sp³-hybridized carbons (Fsp3) is 0.375. The largest absolute Gasteiger partial charge is 0.497 e. The fourth-order valence-corrected chi connectivity index (χ4v) is 1.76. The summed E-state index contributed by atoms with van der Waals surface area (Å²) in [6.45, 7) is 5.99. The summed E-state index contributed by atoms with van der Waals surface area (Å²) in [4.78, 5) is 0. The average Bonchev–Trinajstić information content (AvgIpc) is 2.39. The van der Waals surface area contributed by atoms with Crippen molar-refractivity contribution in [1.29, 1.82) is 0 Å². The third kappa shape index (κ3) is 4.48. The zero-order valence-electron chi connectivity index (χ0n) is 10.9. The lowest BCUT2D eigenvalue weighted by Crippen LogP contribution is -1.87. The molecule has 0 unspecified atom stereocenters. The Bertz CT molecular complexity index is 360. The fourth-order valence-electron chi connectivity index (χ4n) is 1.76. The molecule has 1 nitrogen and oxygen atoms in total. The minimum atomic E-state index is 0.910. The van der Waals surface area contributed by atoms with Crippen LogP contribution in [0.25, 0.3) is 5.57 Å². The molecule has 0 aliphatic carbocycles. The molecule has 0 spiro atoms. The normalized spacial score (nSPS) is 11.3. The van der Waals surface area contributed by atoms with Crippen molar-refractivity contribution in [3.05, 3.63) is 48.6 Å². The van der Waals surface area contributed by atoms with E-state index in [2.05, 4.69) is 31.7 Å². The second-order valence-electron chi connectivity index (χ2n) is 4.09. The van der Waals surface area contributed by atoms with Crippen molar-refractivity contribution in [3.63, 3.8) is 0 Å². The Morgan fingerprint density at radius 2 is 2.00 bits per heavy atom. The van der Waals surface area contributed by atoms with Crippen LogP contribution in [0.1, 0.15) is 38.2 Å². The van der Waals surface area contributed by atoms with Gasteiger partial charge in [-0.15, -0.1) is 6.58 Å². The molecule has 1 aromatic rings. The maximum absolute atomic E-state index is 5.18. The van der Waals surface area contributed by atoms with Gasteiger partial charge in [0.05, 0.1) is 7.11 Å². The topological polar surface area (TPSA) is 9.23 Å². The van der Waals surface area contributed by atoms with Gasteiger partial charge in [-0.25, -0.2) is 0 Å². The Labute approximate surface area is 105 Å². The first-order valence-corrected chi connectivity index (χ1v) is 6.26. The van der Waals surface area contributed by atoms with Gasteiger partial charge in [0.15, 0.2) is 0 Å². The monoisotopic (exact) mass is 230 g/mol. The first-order valence-electron chi connectivity index (χ1n) is 6.26. The van der Waals surface area contributed by atoms with E-state index < -0.39 is 0 Å². The van der Waals surface area contributed by atoms with Gasteiger partial charge in [0.2, 0.25) is 0 Å². The summed E-state index contributed by atoms with van der Waals surface area (Å²) in [5.41, 5.74) is 2.70. The molecule has 1 rings (SSSR count). The third-order valence-electron chi connectivity index (χ3n) is 2.79. The Morgan fingerprint density at radius 1 is 1.29 bits per heavy atom. The van der Waals surface area contributed by atoms with Crippen LogP contribution in [0.3, 0.4) is 0 Å². The van der Waals surface area contributed by atoms with Crippen molar-refractivity contribution in [1.82, 2.24) is 0 Å². The maximum Gasteiger partial charge on any atom is 0.118 e. The Hall–Kier alpha value is -1.50. The molecule has 0 aromatic heterocycles. The number of methoxy groups -OCH3 is 1. The minimum Gasteiger partial charge on any atom is -0.497 e. The molecule has 0 fully saturated rings. The molecule has 0 bridgehead atoms. The smallest absolute Gasteiger partial charge is 0.118 e. The highest BCUT2D eigenvalue weighted by molar-refractivity contribution is 5.66. The number of allylic oxidation sites excluding steroid dienone is 3. The van der Waals surface area contributed by atoms with Crippen LogP contribution < -0.4 is 4.74 Å². The maximum atomic E-state index is 5.18. The molecule has 17 heavy (non-hydrogen) atoms. The van der Waals surface area contributed by atoms with E-state index in [1.165, 1.54) is 24.0 Å². The average molecular weight is 230 g/mol. The number of rotatable bonds is 7. The lowest BCUT2D eigenvalue weighted by Gasteiger charge is -2.08. The van der Waals surface area contributed by atoms with Crippen LogP contribution in [0.4, 0.5) is 0 Å². The number of unbranched alkanes of at least 4 members (excludes halogenated alkanes) is 1. The molecule has 1 heteroatoms. The van der Waals surface area contributed by atoms with Gasteiger partial charge in [-0.3, -0.25) is 0 Å². The van der Waals surface area contributed by atoms with Crippen LogP contribution in [0.5, 0.6) is 5.75 Å². The number of ether oxygens (including phenoxy) is 1. The van der Waals surface area contributed by atoms with Crippen molar-refractivity contribution in [3.8, 4) is 5.75 Å². The summed E-state index contributed by atoms with van der Waals surface area (Å²) >= 11 is 0. The Balaban J connectivity index is 2.83. The molecule has 92 valence electrons. The zero-order chi connectivity index (χ0) is 12.5. The van der Waals surface area contributed by atoms with E-state index in [0.29, 0.717) is 0 Å². The molecule has 0 saturated heterocycles. The van der Waals surface area contributed by atoms with Crippen LogP contribution in [0, 0.1) is 0 Å². The quantitative estimate of drug-likeness (QED) is 0.609. The molecule has 0 amide bonds. The van der Waals surface area contributed by atoms with E-state index in [1.807, 2.05) is 18.2 Å². The predicted molar refractivity (Wildman–Crippen MR) is 75.3 cm³/mol. The molecule has 0 radical (unpaired) electrons. The molecular weight excluding hydrogens is 208 g/mol. The summed E-state index contributed by atoms with van der Waals surface area (Å²) in [6, 6.07) is 8.29. The summed E-state index contributed by atoms with van der Waals surface area (Å²) in [7, 11) is 1.69. The Kier molecular flexibility index (Phi) is 6.16. The molecule has 0 aliphatic heterocycles. The standard InChI is InChI=1S/C16H22O/c1-4-6-8-14(9-7-5-2)15-10-12-16(17-3)13-11-15/h4,8,10-13H,1,5-7,9H2,2-3H3/b14-8+. The van der Waals surface area contributed by atoms with Gasteiger partial charge in [-0.2, -0.15) is 0 Å². The summed E-state index contributed by atoms with van der Waals surface area (Å²) in [5.74, 6) is 0.910. The van der Waals surface area contributed by atoms with Crippen molar-refractivity contribution in [2.45, 2.75) is 32.6 Å². The molecule has 0 heterocycles. The second-order valence-corrected chi connectivity index (χ2v) is 4.09. The van der Waals surface area contributed by atoms with Crippen molar-refractivity contribution >= 4 is 5.57 Å². The molecule has 0 saturated carbocycles. The van der Waals surface area contributed by atoms with Crippen LogP contribution in [0.2, 0.25) is 0 Å². The highest BCUT2D eigenvalue weighted by Crippen LogP contribution is 2.23. The van der Waals surface area contributed by atoms with E-state index in [9.17, 15) is 0 Å². The summed E-state index contributed by atoms with van der Waals surface area (Å²) in [6.07, 6.45) is 8.73. The summed E-state index contributed by atoms with van der Waals surface area (Å²) < 4.78 is 5.18. The van der Waals surface area contributed by atoms with Crippen LogP contribution in [-0.2, 0) is 0 Å². The second kappa shape index (κ2) is 7.72. The van der Waals surface area contributed by atoms with Crippen LogP contribution >= 0.6 is 0 Å². The highest BCUT2D eigenvalue weighted by Gasteiger charge is 2.01. The van der Waals surface area contributed by atoms with Crippen molar-refractivity contribution in [2.24, 2.45) is 0 Å². The molecular formula is C16H22O. The van der Waals surface area contributed by atoms with Gasteiger partial charge in [0.1, 0.15) is 5.75 Å². The molecule has 0 aliphatic rings. The van der Waals surface area contributed by atoms with Gasteiger partial charge in [-0.1, -0.05) is 37.6 Å². The van der Waals surface area contributed by atoms with E-state index in [4.69, 9.17) is 4.74 Å². The van der Waals surface area contributed by atoms with Gasteiger partial charge < -0.3 is 4.74 Å². The first kappa shape index (κ1) is 13.6. The lowest BCUT2D eigenvalue weighted by atomic mass is 9.99. The van der Waals surface area contributed by atoms with Gasteiger partial charge in [0.25, 0.3) is 0 Å². The van der Waals surface area contributed by atoms with Crippen LogP contribution in [-0.4, -0.2) is 7.11 Å². The predicted octanol–water partition coefficient (Wildman–Crippen LogP) is 4.84. The number of hydrogen-bond donors (Lipinski definition) is 0. The van der Waals surface area contributed by atoms with Crippen molar-refractivity contribution in [2.75, 3.05) is 7.11 Å². The molecule has 0 atom stereocenters. The molecule has 0 N–H and O–H groups in total. The minimum absolute atomic E-state index is 0.910. The highest BCUT2D eigenvalue weighted by atomic mass is 16.5. The van der Waals surface area contributed by atoms with E-state index in [1.54, 1.807) is 7.11 Å². The lowest BCUT2D eigenvalue weighted by molar-refractivity contribution is 0.415. The zero-order valence-corrected chi connectivity index (χ0v) is 10.9. The SMILES string of the molecule is C=CC/C=C(\CCCC)c1ccc(OC)cc1. The van der Waals surface area contributed by atoms with E-state index >= 15 is 0 Å². The van der Waals surface area contributed by atoms with Gasteiger partial charge in [0, 0.05) is 0 Å². The van der Waals surface area contributed by atoms with Crippen LogP contribution in [0.15, 0.2) is 43.0 Å². The summed E-state index contributed by atoms with van der Waals surface area (Å²) in [5, 5.41) is 0. The van der Waals surface area contributed by atoms with E-state index in [-0.39, 0.29) is 0 Å². The first-order chi connectivity index (χ1) is 8.31.